The first-order chi connectivity index (χ1) is 16.2. The van der Waals surface area contributed by atoms with E-state index in [-0.39, 0.29) is 18.4 Å². The molecule has 9 nitrogen and oxygen atoms in total. The first kappa shape index (κ1) is 25.4. The first-order valence-corrected chi connectivity index (χ1v) is 11.6. The molecule has 1 aromatic heterocycles. The lowest BCUT2D eigenvalue weighted by Gasteiger charge is -2.29. The number of aliphatic imine (C=N–C) groups is 1. The quantitative estimate of drug-likeness (QED) is 0.164. The molecule has 182 valence electrons. The zero-order valence-corrected chi connectivity index (χ0v) is 20.6. The zero-order chi connectivity index (χ0) is 24.6. The van der Waals surface area contributed by atoms with Crippen molar-refractivity contribution in [3.63, 3.8) is 0 Å². The highest BCUT2D eigenvalue weighted by Crippen LogP contribution is 2.15. The molecule has 0 aliphatic carbocycles. The number of aromatic amines is 1. The zero-order valence-electron chi connectivity index (χ0n) is 19.8. The lowest BCUT2D eigenvalue weighted by atomic mass is 9.97. The molecule has 1 aliphatic rings. The Morgan fingerprint density at radius 3 is 2.56 bits per heavy atom. The van der Waals surface area contributed by atoms with Gasteiger partial charge in [0, 0.05) is 30.5 Å². The first-order valence-electron chi connectivity index (χ1n) is 11.2. The number of carbonyl (C=O) groups excluding carboxylic acids is 1. The number of aromatic nitrogens is 1. The fourth-order valence-corrected chi connectivity index (χ4v) is 3.35. The van der Waals surface area contributed by atoms with Crippen LogP contribution in [0.25, 0.3) is 0 Å². The van der Waals surface area contributed by atoms with Crippen LogP contribution in [0.1, 0.15) is 32.0 Å². The minimum Gasteiger partial charge on any atom is -0.463 e. The summed E-state index contributed by atoms with van der Waals surface area (Å²) in [7, 11) is 0. The summed E-state index contributed by atoms with van der Waals surface area (Å²) in [6.45, 7) is 8.82. The highest BCUT2D eigenvalue weighted by Gasteiger charge is 2.22. The summed E-state index contributed by atoms with van der Waals surface area (Å²) in [4.78, 5) is 21.7. The molecule has 0 amide bonds. The van der Waals surface area contributed by atoms with Crippen molar-refractivity contribution in [1.82, 2.24) is 15.2 Å². The number of nitrogens with one attached hydrogen (secondary N) is 4. The second kappa shape index (κ2) is 11.8. The third kappa shape index (κ3) is 7.39. The van der Waals surface area contributed by atoms with E-state index in [4.69, 9.17) is 27.1 Å². The summed E-state index contributed by atoms with van der Waals surface area (Å²) in [5.41, 5.74) is 1.82. The largest absolute Gasteiger partial charge is 0.463 e. The van der Waals surface area contributed by atoms with Crippen LogP contribution in [0.3, 0.4) is 0 Å². The van der Waals surface area contributed by atoms with Gasteiger partial charge in [0.15, 0.2) is 16.8 Å². The number of thiocarbonyl (C=S) groups is 1. The summed E-state index contributed by atoms with van der Waals surface area (Å²) in [6, 6.07) is 11.2. The number of anilines is 1. The average molecular weight is 485 g/mol. The van der Waals surface area contributed by atoms with Crippen molar-refractivity contribution in [2.75, 3.05) is 44.8 Å². The molecule has 0 bridgehead atoms. The summed E-state index contributed by atoms with van der Waals surface area (Å²) in [5.74, 6) is 0.656. The number of benzene rings is 1. The minimum atomic E-state index is -0.525. The number of H-pyrrole nitrogens is 1. The molecular formula is C24H32N6O3S. The number of rotatable bonds is 6. The molecule has 1 aliphatic heterocycles. The van der Waals surface area contributed by atoms with E-state index < -0.39 is 5.41 Å². The smallest absolute Gasteiger partial charge is 0.311 e. The van der Waals surface area contributed by atoms with E-state index in [0.717, 1.165) is 30.3 Å². The molecule has 0 saturated carbocycles. The van der Waals surface area contributed by atoms with Crippen molar-refractivity contribution >= 4 is 40.7 Å². The second-order valence-corrected chi connectivity index (χ2v) is 9.22. The molecule has 0 atom stereocenters. The van der Waals surface area contributed by atoms with Gasteiger partial charge in [0.1, 0.15) is 6.61 Å². The van der Waals surface area contributed by atoms with E-state index in [1.807, 2.05) is 63.4 Å². The van der Waals surface area contributed by atoms with Gasteiger partial charge in [0.2, 0.25) is 0 Å². The topological polar surface area (TPSA) is 115 Å². The van der Waals surface area contributed by atoms with Crippen LogP contribution in [0.2, 0.25) is 0 Å². The van der Waals surface area contributed by atoms with Gasteiger partial charge in [-0.2, -0.15) is 0 Å². The molecule has 0 radical (unpaired) electrons. The maximum absolute atomic E-state index is 11.8. The maximum atomic E-state index is 11.8. The number of hydrogen-bond donors (Lipinski definition) is 4. The summed E-state index contributed by atoms with van der Waals surface area (Å²) in [5, 5.41) is 15.1. The Hall–Kier alpha value is -3.24. The Balaban J connectivity index is 1.55. The lowest BCUT2D eigenvalue weighted by molar-refractivity contribution is -0.152. The number of ether oxygens (including phenoxy) is 2. The van der Waals surface area contributed by atoms with E-state index in [2.05, 4.69) is 25.5 Å². The van der Waals surface area contributed by atoms with Gasteiger partial charge < -0.3 is 30.0 Å². The second-order valence-electron chi connectivity index (χ2n) is 8.81. The van der Waals surface area contributed by atoms with Gasteiger partial charge in [-0.1, -0.05) is 0 Å². The fraction of sp³-hybridized carbons (Fsp3) is 0.417. The van der Waals surface area contributed by atoms with Crippen molar-refractivity contribution in [3.05, 3.63) is 53.9 Å². The molecule has 4 N–H and O–H groups in total. The monoisotopic (exact) mass is 484 g/mol. The van der Waals surface area contributed by atoms with E-state index >= 15 is 0 Å². The highest BCUT2D eigenvalue weighted by molar-refractivity contribution is 7.80. The molecular weight excluding hydrogens is 452 g/mol. The fourth-order valence-electron chi connectivity index (χ4n) is 3.13. The molecule has 1 aromatic carbocycles. The number of carbonyl (C=O) groups is 1. The number of hydrogen-bond acceptors (Lipinski definition) is 5. The third-order valence-electron chi connectivity index (χ3n) is 5.02. The molecule has 10 heteroatoms. The summed E-state index contributed by atoms with van der Waals surface area (Å²) in [6.07, 6.45) is 1.85. The Labute approximate surface area is 205 Å². The normalized spacial score (nSPS) is 14.4. The van der Waals surface area contributed by atoms with Crippen LogP contribution in [-0.4, -0.2) is 72.1 Å². The van der Waals surface area contributed by atoms with Crippen LogP contribution in [0.15, 0.2) is 47.6 Å². The summed E-state index contributed by atoms with van der Waals surface area (Å²) >= 11 is 5.30. The van der Waals surface area contributed by atoms with Crippen molar-refractivity contribution < 1.29 is 14.3 Å². The van der Waals surface area contributed by atoms with Gasteiger partial charge >= 0.3 is 5.97 Å². The van der Waals surface area contributed by atoms with E-state index in [1.54, 1.807) is 0 Å². The summed E-state index contributed by atoms with van der Waals surface area (Å²) < 4.78 is 10.7. The molecule has 0 spiro atoms. The molecule has 3 rings (SSSR count). The number of nitrogens with zero attached hydrogens (tertiary/aromatic N) is 2. The van der Waals surface area contributed by atoms with Crippen molar-refractivity contribution in [1.29, 1.82) is 5.41 Å². The van der Waals surface area contributed by atoms with Crippen LogP contribution in [0.5, 0.6) is 0 Å². The SMILES string of the molecule is CC(C)(C)C(=O)OCCNC(=S)Nc1ccc(C(=N)/N=C(\c2ccc[nH]2)N2CCOCC2)cc1. The van der Waals surface area contributed by atoms with Crippen LogP contribution in [0.4, 0.5) is 5.69 Å². The standard InChI is InChI=1S/C24H32N6O3S/c1-24(2,3)22(31)33-14-11-27-23(34)28-18-8-6-17(7-9-18)20(25)29-21(19-5-4-10-26-19)30-12-15-32-16-13-30/h4-10,25-26H,11-16H2,1-3H3,(H2,27,28,34)/b25-20?,29-21+. The minimum absolute atomic E-state index is 0.170. The van der Waals surface area contributed by atoms with Gasteiger partial charge in [-0.25, -0.2) is 4.99 Å². The predicted molar refractivity (Wildman–Crippen MR) is 138 cm³/mol. The Morgan fingerprint density at radius 1 is 1.24 bits per heavy atom. The predicted octanol–water partition coefficient (Wildman–Crippen LogP) is 2.99. The van der Waals surface area contributed by atoms with Crippen molar-refractivity contribution in [3.8, 4) is 0 Å². The van der Waals surface area contributed by atoms with E-state index in [1.165, 1.54) is 0 Å². The molecule has 0 unspecified atom stereocenters. The Kier molecular flexibility index (Phi) is 8.78. The van der Waals surface area contributed by atoms with Crippen molar-refractivity contribution in [2.24, 2.45) is 10.4 Å². The molecule has 1 fully saturated rings. The number of morpholine rings is 1. The van der Waals surface area contributed by atoms with Crippen LogP contribution in [-0.2, 0) is 14.3 Å². The van der Waals surface area contributed by atoms with Gasteiger partial charge in [-0.15, -0.1) is 0 Å². The highest BCUT2D eigenvalue weighted by atomic mass is 32.1. The average Bonchev–Trinajstić information content (AvgIpc) is 3.35. The third-order valence-corrected chi connectivity index (χ3v) is 5.26. The molecule has 2 heterocycles. The van der Waals surface area contributed by atoms with Crippen LogP contribution < -0.4 is 10.6 Å². The van der Waals surface area contributed by atoms with E-state index in [0.29, 0.717) is 30.4 Å². The Morgan fingerprint density at radius 2 is 1.94 bits per heavy atom. The van der Waals surface area contributed by atoms with Crippen LogP contribution in [0, 0.1) is 10.8 Å². The Bertz CT molecular complexity index is 1010. The van der Waals surface area contributed by atoms with Crippen LogP contribution >= 0.6 is 12.2 Å². The van der Waals surface area contributed by atoms with Gasteiger partial charge in [0.25, 0.3) is 0 Å². The number of esters is 1. The van der Waals surface area contributed by atoms with Crippen molar-refractivity contribution in [2.45, 2.75) is 20.8 Å². The van der Waals surface area contributed by atoms with E-state index in [9.17, 15) is 4.79 Å². The number of amidine groups is 2. The molecule has 1 saturated heterocycles. The van der Waals surface area contributed by atoms with Gasteiger partial charge in [0.05, 0.1) is 30.9 Å². The van der Waals surface area contributed by atoms with Gasteiger partial charge in [-0.3, -0.25) is 10.2 Å². The molecule has 34 heavy (non-hydrogen) atoms. The van der Waals surface area contributed by atoms with Gasteiger partial charge in [-0.05, 0) is 69.4 Å². The lowest BCUT2D eigenvalue weighted by Crippen LogP contribution is -2.41. The molecule has 2 aromatic rings. The maximum Gasteiger partial charge on any atom is 0.311 e.